The van der Waals surface area contributed by atoms with Crippen molar-refractivity contribution in [2.75, 3.05) is 0 Å². The Morgan fingerprint density at radius 1 is 1.44 bits per heavy atom. The summed E-state index contributed by atoms with van der Waals surface area (Å²) in [6, 6.07) is 5.11. The molecule has 1 aromatic rings. The van der Waals surface area contributed by atoms with Crippen LogP contribution < -0.4 is 11.1 Å². The van der Waals surface area contributed by atoms with Gasteiger partial charge in [0.2, 0.25) is 0 Å². The van der Waals surface area contributed by atoms with Gasteiger partial charge in [0.25, 0.3) is 5.91 Å². The number of hydrogen-bond acceptors (Lipinski definition) is 4. The highest BCUT2D eigenvalue weighted by Crippen LogP contribution is 2.30. The molecule has 0 aromatic carbocycles. The lowest BCUT2D eigenvalue weighted by Crippen LogP contribution is -2.55. The lowest BCUT2D eigenvalue weighted by Gasteiger charge is -2.28. The Kier molecular flexibility index (Phi) is 3.45. The number of carbonyl (C=O) groups is 1. The van der Waals surface area contributed by atoms with E-state index < -0.39 is 5.54 Å². The van der Waals surface area contributed by atoms with Crippen molar-refractivity contribution in [3.8, 4) is 0 Å². The van der Waals surface area contributed by atoms with Gasteiger partial charge < -0.3 is 16.3 Å². The second-order valence-corrected chi connectivity index (χ2v) is 4.44. The zero-order chi connectivity index (χ0) is 13.0. The maximum Gasteiger partial charge on any atom is 0.270 e. The van der Waals surface area contributed by atoms with Crippen molar-refractivity contribution in [1.82, 2.24) is 10.3 Å². The molecule has 2 rings (SSSR count). The number of oxime groups is 1. The molecule has 0 unspecified atom stereocenters. The number of rotatable bonds is 3. The molecule has 0 aliphatic heterocycles. The molecule has 1 aromatic heterocycles. The Labute approximate surface area is 105 Å². The minimum absolute atomic E-state index is 0.0595. The second-order valence-electron chi connectivity index (χ2n) is 4.44. The smallest absolute Gasteiger partial charge is 0.270 e. The van der Waals surface area contributed by atoms with Crippen molar-refractivity contribution in [2.24, 2.45) is 10.9 Å². The van der Waals surface area contributed by atoms with E-state index in [0.29, 0.717) is 18.5 Å². The number of carbonyl (C=O) groups excluding carboxylic acids is 1. The first-order chi connectivity index (χ1) is 8.68. The molecule has 0 spiro atoms. The van der Waals surface area contributed by atoms with E-state index in [2.05, 4.69) is 15.5 Å². The number of amidine groups is 1. The summed E-state index contributed by atoms with van der Waals surface area (Å²) in [6.07, 6.45) is 4.81. The van der Waals surface area contributed by atoms with Gasteiger partial charge in [-0.2, -0.15) is 0 Å². The molecule has 0 saturated heterocycles. The third-order valence-corrected chi connectivity index (χ3v) is 3.31. The summed E-state index contributed by atoms with van der Waals surface area (Å²) >= 11 is 0. The van der Waals surface area contributed by atoms with Gasteiger partial charge in [-0.05, 0) is 25.0 Å². The number of nitrogens with two attached hydrogens (primary N) is 1. The zero-order valence-electron chi connectivity index (χ0n) is 9.97. The number of aromatic nitrogens is 1. The van der Waals surface area contributed by atoms with E-state index in [4.69, 9.17) is 10.9 Å². The van der Waals surface area contributed by atoms with Gasteiger partial charge in [-0.25, -0.2) is 0 Å². The average molecular weight is 248 g/mol. The van der Waals surface area contributed by atoms with Crippen LogP contribution in [0.2, 0.25) is 0 Å². The van der Waals surface area contributed by atoms with E-state index in [-0.39, 0.29) is 11.7 Å². The van der Waals surface area contributed by atoms with E-state index in [1.54, 1.807) is 24.4 Å². The number of nitrogens with zero attached hydrogens (tertiary/aromatic N) is 2. The van der Waals surface area contributed by atoms with Gasteiger partial charge >= 0.3 is 0 Å². The largest absolute Gasteiger partial charge is 0.409 e. The molecule has 1 aliphatic carbocycles. The number of hydrogen-bond donors (Lipinski definition) is 3. The molecule has 0 atom stereocenters. The van der Waals surface area contributed by atoms with Crippen molar-refractivity contribution in [3.63, 3.8) is 0 Å². The summed E-state index contributed by atoms with van der Waals surface area (Å²) in [5.74, 6) is -0.242. The van der Waals surface area contributed by atoms with Crippen molar-refractivity contribution in [2.45, 2.75) is 31.2 Å². The molecule has 18 heavy (non-hydrogen) atoms. The first-order valence-electron chi connectivity index (χ1n) is 5.89. The van der Waals surface area contributed by atoms with Crippen LogP contribution in [0.15, 0.2) is 29.6 Å². The average Bonchev–Trinajstić information content (AvgIpc) is 2.88. The van der Waals surface area contributed by atoms with Gasteiger partial charge in [0, 0.05) is 6.20 Å². The Morgan fingerprint density at radius 2 is 2.17 bits per heavy atom. The molecule has 6 nitrogen and oxygen atoms in total. The van der Waals surface area contributed by atoms with Gasteiger partial charge in [-0.15, -0.1) is 0 Å². The predicted octanol–water partition coefficient (Wildman–Crippen LogP) is 0.871. The van der Waals surface area contributed by atoms with Gasteiger partial charge in [0.1, 0.15) is 11.2 Å². The molecule has 4 N–H and O–H groups in total. The highest BCUT2D eigenvalue weighted by Gasteiger charge is 2.40. The summed E-state index contributed by atoms with van der Waals surface area (Å²) in [6.45, 7) is 0. The third kappa shape index (κ3) is 2.27. The second kappa shape index (κ2) is 5.03. The van der Waals surface area contributed by atoms with Crippen LogP contribution in [0.3, 0.4) is 0 Å². The lowest BCUT2D eigenvalue weighted by atomic mass is 9.96. The molecule has 1 heterocycles. The third-order valence-electron chi connectivity index (χ3n) is 3.31. The Hall–Kier alpha value is -2.11. The number of amides is 1. The monoisotopic (exact) mass is 248 g/mol. The number of nitrogens with one attached hydrogen (secondary N) is 1. The fourth-order valence-corrected chi connectivity index (χ4v) is 2.30. The van der Waals surface area contributed by atoms with E-state index in [0.717, 1.165) is 12.8 Å². The molecule has 0 bridgehead atoms. The van der Waals surface area contributed by atoms with E-state index in [1.807, 2.05) is 0 Å². The molecule has 1 amide bonds. The van der Waals surface area contributed by atoms with Crippen LogP contribution in [0, 0.1) is 0 Å². The summed E-state index contributed by atoms with van der Waals surface area (Å²) in [5.41, 5.74) is 5.30. The van der Waals surface area contributed by atoms with E-state index in [9.17, 15) is 4.79 Å². The molecule has 0 radical (unpaired) electrons. The highest BCUT2D eigenvalue weighted by molar-refractivity contribution is 5.99. The van der Waals surface area contributed by atoms with Crippen LogP contribution in [-0.2, 0) is 0 Å². The molecule has 1 fully saturated rings. The van der Waals surface area contributed by atoms with Crippen LogP contribution >= 0.6 is 0 Å². The maximum atomic E-state index is 12.1. The van der Waals surface area contributed by atoms with E-state index in [1.165, 1.54) is 0 Å². The zero-order valence-corrected chi connectivity index (χ0v) is 9.97. The van der Waals surface area contributed by atoms with Crippen LogP contribution in [0.5, 0.6) is 0 Å². The van der Waals surface area contributed by atoms with Crippen molar-refractivity contribution >= 4 is 11.7 Å². The standard InChI is InChI=1S/C12H16N4O2/c13-11(16-18)12(6-2-3-7-12)15-10(17)9-5-1-4-8-14-9/h1,4-5,8,18H,2-3,6-7H2,(H2,13,16)(H,15,17). The number of pyridine rings is 1. The maximum absolute atomic E-state index is 12.1. The van der Waals surface area contributed by atoms with Gasteiger partial charge in [-0.3, -0.25) is 9.78 Å². The van der Waals surface area contributed by atoms with Crippen molar-refractivity contribution in [3.05, 3.63) is 30.1 Å². The van der Waals surface area contributed by atoms with Crippen LogP contribution in [-0.4, -0.2) is 27.5 Å². The summed E-state index contributed by atoms with van der Waals surface area (Å²) < 4.78 is 0. The first-order valence-corrected chi connectivity index (χ1v) is 5.89. The normalized spacial score (nSPS) is 18.6. The molecule has 6 heteroatoms. The predicted molar refractivity (Wildman–Crippen MR) is 66.3 cm³/mol. The molecule has 96 valence electrons. The summed E-state index contributed by atoms with van der Waals surface area (Å²) in [4.78, 5) is 16.0. The topological polar surface area (TPSA) is 101 Å². The quantitative estimate of drug-likeness (QED) is 0.320. The Bertz CT molecular complexity index is 452. The highest BCUT2D eigenvalue weighted by atomic mass is 16.4. The van der Waals surface area contributed by atoms with Crippen LogP contribution in [0.4, 0.5) is 0 Å². The van der Waals surface area contributed by atoms with Crippen LogP contribution in [0.25, 0.3) is 0 Å². The lowest BCUT2D eigenvalue weighted by molar-refractivity contribution is 0.0917. The Morgan fingerprint density at radius 3 is 2.72 bits per heavy atom. The van der Waals surface area contributed by atoms with Crippen LogP contribution in [0.1, 0.15) is 36.2 Å². The minimum Gasteiger partial charge on any atom is -0.409 e. The molecule has 1 aliphatic rings. The summed E-state index contributed by atoms with van der Waals surface area (Å²) in [7, 11) is 0. The summed E-state index contributed by atoms with van der Waals surface area (Å²) in [5, 5.41) is 14.7. The Balaban J connectivity index is 2.18. The van der Waals surface area contributed by atoms with Gasteiger partial charge in [0.05, 0.1) is 0 Å². The molecular weight excluding hydrogens is 232 g/mol. The van der Waals surface area contributed by atoms with E-state index >= 15 is 0 Å². The van der Waals surface area contributed by atoms with Gasteiger partial charge in [-0.1, -0.05) is 24.1 Å². The molecule has 1 saturated carbocycles. The SMILES string of the molecule is N/C(=N/O)C1(NC(=O)c2ccccn2)CCCC1. The van der Waals surface area contributed by atoms with Gasteiger partial charge in [0.15, 0.2) is 5.84 Å². The fraction of sp³-hybridized carbons (Fsp3) is 0.417. The first kappa shape index (κ1) is 12.3. The molecular formula is C12H16N4O2. The minimum atomic E-state index is -0.733. The van der Waals surface area contributed by atoms with Crippen molar-refractivity contribution in [1.29, 1.82) is 0 Å². The fourth-order valence-electron chi connectivity index (χ4n) is 2.30. The van der Waals surface area contributed by atoms with Crippen molar-refractivity contribution < 1.29 is 10.0 Å².